The third-order valence-electron chi connectivity index (χ3n) is 4.02. The van der Waals surface area contributed by atoms with Gasteiger partial charge in [0.2, 0.25) is 0 Å². The first kappa shape index (κ1) is 33.4. The molecule has 0 aliphatic carbocycles. The molecule has 0 rings (SSSR count). The van der Waals surface area contributed by atoms with E-state index in [1.54, 1.807) is 0 Å². The van der Waals surface area contributed by atoms with E-state index >= 15 is 0 Å². The molecule has 0 aromatic heterocycles. The maximum absolute atomic E-state index is 13.4. The molecule has 0 spiro atoms. The molecule has 1 unspecified atom stereocenters. The van der Waals surface area contributed by atoms with Crippen molar-refractivity contribution in [1.82, 2.24) is 0 Å². The van der Waals surface area contributed by atoms with Gasteiger partial charge in [0, 0.05) is 0 Å². The van der Waals surface area contributed by atoms with Crippen molar-refractivity contribution in [2.45, 2.75) is 65.5 Å². The molecule has 0 aromatic rings. The lowest BCUT2D eigenvalue weighted by Crippen LogP contribution is -2.80. The Hall–Kier alpha value is -1.62. The Kier molecular flexibility index (Phi) is 7.34. The van der Waals surface area contributed by atoms with E-state index in [1.807, 2.05) is 0 Å². The molecule has 2 N–H and O–H groups in total. The lowest BCUT2D eigenvalue weighted by Gasteiger charge is -2.46. The fraction of sp³-hybridized carbons (Fsp3) is 1.00. The number of alkyl halides is 22. The van der Waals surface area contributed by atoms with Gasteiger partial charge in [-0.15, -0.1) is 0 Å². The smallest absolute Gasteiger partial charge is 0.369 e. The first-order valence-corrected chi connectivity index (χ1v) is 7.10. The van der Waals surface area contributed by atoms with Gasteiger partial charge < -0.3 is 10.2 Å². The number of hydrogen-bond acceptors (Lipinski definition) is 2. The quantitative estimate of drug-likeness (QED) is 0.351. The molecule has 0 aliphatic heterocycles. The SMILES string of the molecule is OC(F)(F)C(O)(C(F)(F)F)C(F)(F)C(F)(F)C(F)(F)C(F)(F)C(F)(F)C(F)(F)C(F)(F)C(F)(F)F. The van der Waals surface area contributed by atoms with Crippen LogP contribution in [0.5, 0.6) is 0 Å². The van der Waals surface area contributed by atoms with Crippen LogP contribution >= 0.6 is 0 Å². The van der Waals surface area contributed by atoms with Crippen LogP contribution < -0.4 is 0 Å². The van der Waals surface area contributed by atoms with E-state index in [2.05, 4.69) is 0 Å². The second-order valence-corrected chi connectivity index (χ2v) is 6.27. The lowest BCUT2D eigenvalue weighted by molar-refractivity contribution is -0.500. The predicted molar refractivity (Wildman–Crippen MR) is 58.9 cm³/mol. The van der Waals surface area contributed by atoms with Gasteiger partial charge >= 0.3 is 65.5 Å². The van der Waals surface area contributed by atoms with Gasteiger partial charge in [-0.2, -0.15) is 96.6 Å². The summed E-state index contributed by atoms with van der Waals surface area (Å²) in [5.41, 5.74) is -8.33. The summed E-state index contributed by atoms with van der Waals surface area (Å²) < 4.78 is 282. The van der Waals surface area contributed by atoms with Crippen LogP contribution in [0.2, 0.25) is 0 Å². The largest absolute Gasteiger partial charge is 0.460 e. The Morgan fingerprint density at radius 1 is 0.257 bits per heavy atom. The summed E-state index contributed by atoms with van der Waals surface area (Å²) in [5, 5.41) is 15.9. The van der Waals surface area contributed by atoms with Gasteiger partial charge in [0.05, 0.1) is 0 Å². The minimum absolute atomic E-state index is 7.68. The third kappa shape index (κ3) is 3.83. The zero-order valence-electron chi connectivity index (χ0n) is 14.7. The summed E-state index contributed by atoms with van der Waals surface area (Å²) in [6.45, 7) is 0. The van der Waals surface area contributed by atoms with Crippen LogP contribution in [0.15, 0.2) is 0 Å². The zero-order chi connectivity index (χ0) is 29.5. The first-order chi connectivity index (χ1) is 14.5. The summed E-state index contributed by atoms with van der Waals surface area (Å²) in [5.74, 6) is -63.9. The molecule has 2 nitrogen and oxygen atoms in total. The molecule has 35 heavy (non-hydrogen) atoms. The molecule has 1 atom stereocenters. The molecule has 0 amide bonds. The summed E-state index contributed by atoms with van der Waals surface area (Å²) >= 11 is 0. The van der Waals surface area contributed by atoms with Gasteiger partial charge in [-0.3, -0.25) is 0 Å². The van der Waals surface area contributed by atoms with E-state index in [4.69, 9.17) is 10.2 Å². The van der Waals surface area contributed by atoms with E-state index in [-0.39, 0.29) is 0 Å². The summed E-state index contributed by atoms with van der Waals surface area (Å²) in [4.78, 5) is 0. The molecule has 0 aliphatic rings. The van der Waals surface area contributed by atoms with E-state index < -0.39 is 65.5 Å². The minimum atomic E-state index is -9.40. The van der Waals surface area contributed by atoms with Crippen molar-refractivity contribution in [2.24, 2.45) is 0 Å². The van der Waals surface area contributed by atoms with Crippen LogP contribution in [0.1, 0.15) is 0 Å². The highest BCUT2D eigenvalue weighted by molar-refractivity contribution is 5.20. The number of halogens is 22. The minimum Gasteiger partial charge on any atom is -0.369 e. The van der Waals surface area contributed by atoms with Gasteiger partial charge in [0.25, 0.3) is 0 Å². The van der Waals surface area contributed by atoms with Crippen molar-refractivity contribution in [3.05, 3.63) is 0 Å². The highest BCUT2D eigenvalue weighted by atomic mass is 19.4. The Morgan fingerprint density at radius 3 is 0.629 bits per heavy atom. The standard InChI is InChI=1S/C11H2F22O2/c12-2(13,1(34,9(26,27)28)11(32,33)35)3(14,15)4(16,17)5(18,19)6(20,21)7(22,23)8(24,25)10(29,30)31/h34-35H. The van der Waals surface area contributed by atoms with E-state index in [0.29, 0.717) is 0 Å². The molecule has 212 valence electrons. The summed E-state index contributed by atoms with van der Waals surface area (Å²) in [6, 6.07) is 0. The fourth-order valence-electron chi connectivity index (χ4n) is 1.93. The fourth-order valence-corrected chi connectivity index (χ4v) is 1.93. The summed E-state index contributed by atoms with van der Waals surface area (Å²) in [6.07, 6.45) is -24.1. The molecular formula is C11H2F22O2. The number of hydrogen-bond donors (Lipinski definition) is 2. The van der Waals surface area contributed by atoms with Gasteiger partial charge in [0.1, 0.15) is 0 Å². The van der Waals surface area contributed by atoms with Crippen LogP contribution in [-0.4, -0.2) is 75.7 Å². The maximum atomic E-state index is 13.4. The molecule has 0 saturated heterocycles. The number of rotatable bonds is 8. The second-order valence-electron chi connectivity index (χ2n) is 6.27. The molecule has 0 heterocycles. The van der Waals surface area contributed by atoms with E-state index in [0.717, 1.165) is 0 Å². The van der Waals surface area contributed by atoms with Crippen molar-refractivity contribution in [1.29, 1.82) is 0 Å². The Labute approximate surface area is 174 Å². The number of aliphatic hydroxyl groups is 2. The molecule has 24 heteroatoms. The molecule has 0 aromatic carbocycles. The second kappa shape index (κ2) is 7.69. The van der Waals surface area contributed by atoms with Crippen molar-refractivity contribution in [2.75, 3.05) is 0 Å². The van der Waals surface area contributed by atoms with E-state index in [1.165, 1.54) is 0 Å². The average molecular weight is 584 g/mol. The molecule has 0 fully saturated rings. The van der Waals surface area contributed by atoms with Crippen LogP contribution in [0.3, 0.4) is 0 Å². The van der Waals surface area contributed by atoms with Crippen LogP contribution in [0.4, 0.5) is 96.6 Å². The Morgan fingerprint density at radius 2 is 0.457 bits per heavy atom. The van der Waals surface area contributed by atoms with Gasteiger partial charge in [-0.1, -0.05) is 0 Å². The van der Waals surface area contributed by atoms with Gasteiger partial charge in [0.15, 0.2) is 0 Å². The topological polar surface area (TPSA) is 40.5 Å². The highest BCUT2D eigenvalue weighted by Crippen LogP contribution is 2.66. The zero-order valence-corrected chi connectivity index (χ0v) is 14.7. The lowest BCUT2D eigenvalue weighted by atomic mass is 9.82. The van der Waals surface area contributed by atoms with Crippen LogP contribution in [0.25, 0.3) is 0 Å². The van der Waals surface area contributed by atoms with Crippen molar-refractivity contribution < 1.29 is 107 Å². The molecule has 0 bridgehead atoms. The molecule has 0 radical (unpaired) electrons. The average Bonchev–Trinajstić information content (AvgIpc) is 2.56. The Bertz CT molecular complexity index is 767. The molecular weight excluding hydrogens is 582 g/mol. The monoisotopic (exact) mass is 584 g/mol. The Balaban J connectivity index is 7.32. The van der Waals surface area contributed by atoms with Crippen molar-refractivity contribution >= 4 is 0 Å². The van der Waals surface area contributed by atoms with Gasteiger partial charge in [-0.05, 0) is 0 Å². The normalized spacial score (nSPS) is 18.5. The van der Waals surface area contributed by atoms with Crippen LogP contribution in [0, 0.1) is 0 Å². The first-order valence-electron chi connectivity index (χ1n) is 7.10. The van der Waals surface area contributed by atoms with Crippen molar-refractivity contribution in [3.8, 4) is 0 Å². The van der Waals surface area contributed by atoms with Gasteiger partial charge in [-0.25, -0.2) is 0 Å². The van der Waals surface area contributed by atoms with E-state index in [9.17, 15) is 96.6 Å². The highest BCUT2D eigenvalue weighted by Gasteiger charge is 2.99. The molecule has 0 saturated carbocycles. The predicted octanol–water partition coefficient (Wildman–Crippen LogP) is 5.87. The van der Waals surface area contributed by atoms with Crippen molar-refractivity contribution in [3.63, 3.8) is 0 Å². The van der Waals surface area contributed by atoms with Crippen LogP contribution in [-0.2, 0) is 0 Å². The summed E-state index contributed by atoms with van der Waals surface area (Å²) in [7, 11) is 0. The third-order valence-corrected chi connectivity index (χ3v) is 4.02. The maximum Gasteiger partial charge on any atom is 0.460 e.